The Labute approximate surface area is 152 Å². The Morgan fingerprint density at radius 2 is 1.92 bits per heavy atom. The van der Waals surface area contributed by atoms with E-state index in [1.54, 1.807) is 6.20 Å². The number of halogens is 1. The van der Waals surface area contributed by atoms with Crippen LogP contribution in [0.15, 0.2) is 54.7 Å². The Bertz CT molecular complexity index is 838. The molecule has 1 N–H and O–H groups in total. The molecular weight excluding hydrogens is 334 g/mol. The minimum atomic E-state index is 0.453. The monoisotopic (exact) mass is 353 g/mol. The molecule has 0 radical (unpaired) electrons. The summed E-state index contributed by atoms with van der Waals surface area (Å²) >= 11 is 6.07. The van der Waals surface area contributed by atoms with Gasteiger partial charge in [0.1, 0.15) is 0 Å². The fourth-order valence-corrected chi connectivity index (χ4v) is 2.68. The van der Waals surface area contributed by atoms with Gasteiger partial charge in [-0.25, -0.2) is 0 Å². The SMILES string of the molecule is CCN(Cc1ccccc1)c1cnnc(Nc2cc(Cl)ccc2C)n1. The summed E-state index contributed by atoms with van der Waals surface area (Å²) in [5.41, 5.74) is 3.16. The Morgan fingerprint density at radius 1 is 1.12 bits per heavy atom. The molecule has 0 bridgehead atoms. The number of anilines is 3. The van der Waals surface area contributed by atoms with Crippen LogP contribution in [0.2, 0.25) is 5.02 Å². The molecular formula is C19H20ClN5. The summed E-state index contributed by atoms with van der Waals surface area (Å²) in [5, 5.41) is 12.0. The van der Waals surface area contributed by atoms with E-state index in [0.29, 0.717) is 11.0 Å². The van der Waals surface area contributed by atoms with Crippen molar-refractivity contribution < 1.29 is 0 Å². The predicted octanol–water partition coefficient (Wildman–Crippen LogP) is 4.60. The van der Waals surface area contributed by atoms with Gasteiger partial charge in [-0.3, -0.25) is 0 Å². The van der Waals surface area contributed by atoms with Gasteiger partial charge in [-0.2, -0.15) is 10.1 Å². The van der Waals surface area contributed by atoms with Crippen LogP contribution in [-0.4, -0.2) is 21.7 Å². The Hall–Kier alpha value is -2.66. The van der Waals surface area contributed by atoms with Gasteiger partial charge < -0.3 is 10.2 Å². The quantitative estimate of drug-likeness (QED) is 0.701. The lowest BCUT2D eigenvalue weighted by Gasteiger charge is -2.22. The zero-order chi connectivity index (χ0) is 17.6. The van der Waals surface area contributed by atoms with Crippen molar-refractivity contribution in [2.75, 3.05) is 16.8 Å². The van der Waals surface area contributed by atoms with E-state index in [4.69, 9.17) is 11.6 Å². The largest absolute Gasteiger partial charge is 0.351 e. The van der Waals surface area contributed by atoms with Gasteiger partial charge in [-0.05, 0) is 37.1 Å². The van der Waals surface area contributed by atoms with E-state index in [1.807, 2.05) is 43.3 Å². The highest BCUT2D eigenvalue weighted by Crippen LogP contribution is 2.23. The fourth-order valence-electron chi connectivity index (χ4n) is 2.51. The second-order valence-electron chi connectivity index (χ2n) is 5.72. The molecule has 25 heavy (non-hydrogen) atoms. The average molecular weight is 354 g/mol. The van der Waals surface area contributed by atoms with Crippen LogP contribution in [0.4, 0.5) is 17.5 Å². The van der Waals surface area contributed by atoms with Crippen LogP contribution >= 0.6 is 11.6 Å². The Morgan fingerprint density at radius 3 is 2.68 bits per heavy atom. The summed E-state index contributed by atoms with van der Waals surface area (Å²) in [6.45, 7) is 5.69. The molecule has 0 aliphatic heterocycles. The average Bonchev–Trinajstić information content (AvgIpc) is 2.64. The molecule has 0 amide bonds. The third-order valence-corrected chi connectivity index (χ3v) is 4.15. The second-order valence-corrected chi connectivity index (χ2v) is 6.16. The van der Waals surface area contributed by atoms with Crippen LogP contribution in [0.3, 0.4) is 0 Å². The molecule has 2 aromatic carbocycles. The number of hydrogen-bond acceptors (Lipinski definition) is 5. The van der Waals surface area contributed by atoms with Gasteiger partial charge in [0.2, 0.25) is 5.95 Å². The lowest BCUT2D eigenvalue weighted by atomic mass is 10.2. The minimum absolute atomic E-state index is 0.453. The topological polar surface area (TPSA) is 53.9 Å². The van der Waals surface area contributed by atoms with Crippen LogP contribution in [0, 0.1) is 6.92 Å². The fraction of sp³-hybridized carbons (Fsp3) is 0.211. The first-order chi connectivity index (χ1) is 12.2. The summed E-state index contributed by atoms with van der Waals surface area (Å²) < 4.78 is 0. The van der Waals surface area contributed by atoms with Crippen molar-refractivity contribution in [3.05, 3.63) is 70.9 Å². The van der Waals surface area contributed by atoms with Crippen molar-refractivity contribution in [3.63, 3.8) is 0 Å². The number of aryl methyl sites for hydroxylation is 1. The zero-order valence-electron chi connectivity index (χ0n) is 14.3. The normalized spacial score (nSPS) is 10.5. The van der Waals surface area contributed by atoms with E-state index in [-0.39, 0.29) is 0 Å². The second kappa shape index (κ2) is 7.94. The van der Waals surface area contributed by atoms with Crippen molar-refractivity contribution >= 4 is 29.1 Å². The van der Waals surface area contributed by atoms with Crippen LogP contribution in [0.5, 0.6) is 0 Å². The first kappa shape index (κ1) is 17.2. The van der Waals surface area contributed by atoms with Gasteiger partial charge in [0.25, 0.3) is 0 Å². The van der Waals surface area contributed by atoms with Crippen molar-refractivity contribution in [3.8, 4) is 0 Å². The highest BCUT2D eigenvalue weighted by atomic mass is 35.5. The summed E-state index contributed by atoms with van der Waals surface area (Å²) in [6, 6.07) is 16.0. The van der Waals surface area contributed by atoms with Crippen molar-refractivity contribution in [2.45, 2.75) is 20.4 Å². The molecule has 0 aliphatic carbocycles. The van der Waals surface area contributed by atoms with Crippen LogP contribution in [-0.2, 0) is 6.54 Å². The predicted molar refractivity (Wildman–Crippen MR) is 102 cm³/mol. The van der Waals surface area contributed by atoms with Gasteiger partial charge in [-0.15, -0.1) is 5.10 Å². The molecule has 0 saturated carbocycles. The Kier molecular flexibility index (Phi) is 5.46. The van der Waals surface area contributed by atoms with Crippen LogP contribution in [0.25, 0.3) is 0 Å². The maximum Gasteiger partial charge on any atom is 0.249 e. The number of aromatic nitrogens is 3. The molecule has 6 heteroatoms. The maximum atomic E-state index is 6.07. The van der Waals surface area contributed by atoms with E-state index in [9.17, 15) is 0 Å². The zero-order valence-corrected chi connectivity index (χ0v) is 15.0. The molecule has 0 saturated heterocycles. The summed E-state index contributed by atoms with van der Waals surface area (Å²) in [6.07, 6.45) is 1.68. The van der Waals surface area contributed by atoms with Gasteiger partial charge in [-0.1, -0.05) is 48.0 Å². The van der Waals surface area contributed by atoms with Gasteiger partial charge in [0.15, 0.2) is 5.82 Å². The van der Waals surface area contributed by atoms with Gasteiger partial charge >= 0.3 is 0 Å². The summed E-state index contributed by atoms with van der Waals surface area (Å²) in [4.78, 5) is 6.76. The number of hydrogen-bond donors (Lipinski definition) is 1. The highest BCUT2D eigenvalue weighted by molar-refractivity contribution is 6.30. The van der Waals surface area contributed by atoms with E-state index >= 15 is 0 Å². The summed E-state index contributed by atoms with van der Waals surface area (Å²) in [7, 11) is 0. The van der Waals surface area contributed by atoms with E-state index in [0.717, 1.165) is 30.2 Å². The lowest BCUT2D eigenvalue weighted by Crippen LogP contribution is -2.23. The molecule has 0 spiro atoms. The minimum Gasteiger partial charge on any atom is -0.351 e. The van der Waals surface area contributed by atoms with E-state index in [2.05, 4.69) is 44.5 Å². The molecule has 3 rings (SSSR count). The smallest absolute Gasteiger partial charge is 0.249 e. The molecule has 0 atom stereocenters. The third kappa shape index (κ3) is 4.45. The highest BCUT2D eigenvalue weighted by Gasteiger charge is 2.10. The van der Waals surface area contributed by atoms with Gasteiger partial charge in [0.05, 0.1) is 6.20 Å². The Balaban J connectivity index is 1.81. The first-order valence-electron chi connectivity index (χ1n) is 8.17. The molecule has 5 nitrogen and oxygen atoms in total. The third-order valence-electron chi connectivity index (χ3n) is 3.91. The number of nitrogens with zero attached hydrogens (tertiary/aromatic N) is 4. The standard InChI is InChI=1S/C19H20ClN5/c1-3-25(13-15-7-5-4-6-8-15)18-12-21-24-19(23-18)22-17-11-16(20)10-9-14(17)2/h4-12H,3,13H2,1-2H3,(H,22,23,24). The molecule has 0 aliphatic rings. The molecule has 3 aromatic rings. The molecule has 128 valence electrons. The number of rotatable bonds is 6. The molecule has 0 fully saturated rings. The van der Waals surface area contributed by atoms with E-state index in [1.165, 1.54) is 5.56 Å². The van der Waals surface area contributed by atoms with Crippen molar-refractivity contribution in [2.24, 2.45) is 0 Å². The lowest BCUT2D eigenvalue weighted by molar-refractivity contribution is 0.798. The summed E-state index contributed by atoms with van der Waals surface area (Å²) in [5.74, 6) is 1.23. The molecule has 1 aromatic heterocycles. The van der Waals surface area contributed by atoms with Gasteiger partial charge in [0, 0.05) is 23.8 Å². The van der Waals surface area contributed by atoms with Crippen molar-refractivity contribution in [1.82, 2.24) is 15.2 Å². The van der Waals surface area contributed by atoms with Crippen molar-refractivity contribution in [1.29, 1.82) is 0 Å². The molecule has 0 unspecified atom stereocenters. The number of nitrogens with one attached hydrogen (secondary N) is 1. The number of benzene rings is 2. The van der Waals surface area contributed by atoms with E-state index < -0.39 is 0 Å². The molecule has 1 heterocycles. The first-order valence-corrected chi connectivity index (χ1v) is 8.55. The maximum absolute atomic E-state index is 6.07. The van der Waals surface area contributed by atoms with Crippen LogP contribution < -0.4 is 10.2 Å². The van der Waals surface area contributed by atoms with Crippen LogP contribution in [0.1, 0.15) is 18.1 Å².